The van der Waals surface area contributed by atoms with Crippen molar-refractivity contribution in [2.45, 2.75) is 91.0 Å². The molecule has 2 aromatic heterocycles. The fourth-order valence-corrected chi connectivity index (χ4v) is 7.35. The number of aryl methyl sites for hydroxylation is 1. The van der Waals surface area contributed by atoms with Gasteiger partial charge in [-0.1, -0.05) is 38.7 Å². The SMILES string of the molecule is CCCC1CCC(CNc2ncnc(N3CCOc4ccc(-c5cnc6c(c5)N=C(C5CC5)CCC6)cc4C3)c2C)CC1. The lowest BCUT2D eigenvalue weighted by Gasteiger charge is -2.29. The Morgan fingerprint density at radius 1 is 0.953 bits per heavy atom. The third kappa shape index (κ3) is 6.41. The Hall–Kier alpha value is -3.48. The van der Waals surface area contributed by atoms with E-state index in [4.69, 9.17) is 19.7 Å². The van der Waals surface area contributed by atoms with E-state index in [2.05, 4.69) is 53.3 Å². The van der Waals surface area contributed by atoms with E-state index in [1.54, 1.807) is 6.33 Å². The fourth-order valence-electron chi connectivity index (χ4n) is 7.35. The predicted molar refractivity (Wildman–Crippen MR) is 175 cm³/mol. The van der Waals surface area contributed by atoms with Crippen molar-refractivity contribution in [3.8, 4) is 16.9 Å². The Morgan fingerprint density at radius 2 is 1.81 bits per heavy atom. The monoisotopic (exact) mass is 578 g/mol. The van der Waals surface area contributed by atoms with Crippen molar-refractivity contribution < 1.29 is 4.74 Å². The molecule has 2 aliphatic carbocycles. The number of aliphatic imine (C=N–C) groups is 1. The van der Waals surface area contributed by atoms with Gasteiger partial charge in [-0.25, -0.2) is 9.97 Å². The quantitative estimate of drug-likeness (QED) is 0.291. The van der Waals surface area contributed by atoms with E-state index in [1.165, 1.54) is 62.6 Å². The van der Waals surface area contributed by atoms with Gasteiger partial charge < -0.3 is 15.0 Å². The van der Waals surface area contributed by atoms with E-state index in [1.807, 2.05) is 6.20 Å². The largest absolute Gasteiger partial charge is 0.491 e. The van der Waals surface area contributed by atoms with Gasteiger partial charge in [0.05, 0.1) is 17.9 Å². The van der Waals surface area contributed by atoms with Crippen LogP contribution in [0.5, 0.6) is 5.75 Å². The molecule has 2 saturated carbocycles. The van der Waals surface area contributed by atoms with Crippen LogP contribution in [0, 0.1) is 24.7 Å². The number of benzene rings is 1. The highest BCUT2D eigenvalue weighted by atomic mass is 16.5. The van der Waals surface area contributed by atoms with Gasteiger partial charge in [0, 0.05) is 41.7 Å². The first-order valence-corrected chi connectivity index (χ1v) is 16.8. The smallest absolute Gasteiger partial charge is 0.137 e. The maximum Gasteiger partial charge on any atom is 0.137 e. The van der Waals surface area contributed by atoms with Crippen molar-refractivity contribution in [2.24, 2.45) is 22.7 Å². The van der Waals surface area contributed by atoms with Crippen LogP contribution in [0.3, 0.4) is 0 Å². The first-order chi connectivity index (χ1) is 21.1. The minimum atomic E-state index is 0.624. The van der Waals surface area contributed by atoms with Crippen LogP contribution in [-0.4, -0.2) is 40.4 Å². The molecule has 1 aromatic carbocycles. The predicted octanol–water partition coefficient (Wildman–Crippen LogP) is 8.08. The molecule has 2 aliphatic heterocycles. The van der Waals surface area contributed by atoms with Crippen LogP contribution in [0.15, 0.2) is 41.8 Å². The summed E-state index contributed by atoms with van der Waals surface area (Å²) in [6, 6.07) is 8.79. The molecule has 7 nitrogen and oxygen atoms in total. The van der Waals surface area contributed by atoms with Gasteiger partial charge in [0.15, 0.2) is 0 Å². The van der Waals surface area contributed by atoms with E-state index in [9.17, 15) is 0 Å². The molecule has 0 saturated heterocycles. The average Bonchev–Trinajstić information content (AvgIpc) is 3.89. The van der Waals surface area contributed by atoms with Crippen LogP contribution >= 0.6 is 0 Å². The molecule has 43 heavy (non-hydrogen) atoms. The van der Waals surface area contributed by atoms with Gasteiger partial charge in [-0.15, -0.1) is 0 Å². The maximum absolute atomic E-state index is 6.23. The molecule has 4 aliphatic rings. The molecule has 226 valence electrons. The lowest BCUT2D eigenvalue weighted by atomic mass is 9.80. The number of nitrogens with one attached hydrogen (secondary N) is 1. The summed E-state index contributed by atoms with van der Waals surface area (Å²) < 4.78 is 6.23. The van der Waals surface area contributed by atoms with Crippen LogP contribution in [0.1, 0.15) is 88.0 Å². The average molecular weight is 579 g/mol. The Bertz CT molecular complexity index is 1470. The summed E-state index contributed by atoms with van der Waals surface area (Å²) in [5, 5.41) is 3.69. The molecule has 0 atom stereocenters. The number of ether oxygens (including phenoxy) is 1. The lowest BCUT2D eigenvalue weighted by Crippen LogP contribution is -2.28. The van der Waals surface area contributed by atoms with Crippen LogP contribution < -0.4 is 15.0 Å². The highest BCUT2D eigenvalue weighted by molar-refractivity contribution is 5.92. The number of anilines is 2. The number of aromatic nitrogens is 3. The molecule has 7 heteroatoms. The molecule has 0 radical (unpaired) electrons. The first-order valence-electron chi connectivity index (χ1n) is 16.8. The third-order valence-corrected chi connectivity index (χ3v) is 10.1. The highest BCUT2D eigenvalue weighted by Gasteiger charge is 2.29. The Morgan fingerprint density at radius 3 is 2.65 bits per heavy atom. The summed E-state index contributed by atoms with van der Waals surface area (Å²) in [4.78, 5) is 21.7. The minimum Gasteiger partial charge on any atom is -0.491 e. The van der Waals surface area contributed by atoms with Gasteiger partial charge >= 0.3 is 0 Å². The Labute approximate surface area is 256 Å². The van der Waals surface area contributed by atoms with Crippen molar-refractivity contribution in [3.05, 3.63) is 53.6 Å². The van der Waals surface area contributed by atoms with Crippen molar-refractivity contribution in [1.82, 2.24) is 15.0 Å². The second-order valence-corrected chi connectivity index (χ2v) is 13.2. The van der Waals surface area contributed by atoms with Gasteiger partial charge in [-0.05, 0) is 93.4 Å². The maximum atomic E-state index is 6.23. The number of rotatable bonds is 8. The van der Waals surface area contributed by atoms with Gasteiger partial charge in [-0.3, -0.25) is 9.98 Å². The second-order valence-electron chi connectivity index (χ2n) is 13.2. The zero-order valence-electron chi connectivity index (χ0n) is 25.9. The van der Waals surface area contributed by atoms with E-state index < -0.39 is 0 Å². The molecule has 0 amide bonds. The molecule has 3 aromatic rings. The molecule has 0 spiro atoms. The molecule has 0 unspecified atom stereocenters. The number of pyridine rings is 1. The van der Waals surface area contributed by atoms with Crippen LogP contribution in [-0.2, 0) is 13.0 Å². The molecular formula is C36H46N6O. The van der Waals surface area contributed by atoms with Gasteiger partial charge in [0.2, 0.25) is 0 Å². The van der Waals surface area contributed by atoms with Crippen LogP contribution in [0.4, 0.5) is 17.3 Å². The molecule has 7 rings (SSSR count). The van der Waals surface area contributed by atoms with Gasteiger partial charge in [0.25, 0.3) is 0 Å². The number of hydrogen-bond acceptors (Lipinski definition) is 7. The molecule has 4 heterocycles. The van der Waals surface area contributed by atoms with Gasteiger partial charge in [-0.2, -0.15) is 0 Å². The Balaban J connectivity index is 1.08. The lowest BCUT2D eigenvalue weighted by molar-refractivity contribution is 0.270. The standard InChI is InChI=1S/C36H46N6O/c1-3-5-25-8-10-26(11-9-25)20-38-35-24(2)36(40-23-39-35)42-16-17-43-34-15-14-28(18-30(34)22-42)29-19-33-32(37-21-29)7-4-6-31(41-33)27-12-13-27/h14-15,18-19,21,23,25-27H,3-13,16-17,20,22H2,1-2H3,(H,38,39,40). The van der Waals surface area contributed by atoms with Crippen LogP contribution in [0.25, 0.3) is 11.1 Å². The summed E-state index contributed by atoms with van der Waals surface area (Å²) >= 11 is 0. The third-order valence-electron chi connectivity index (χ3n) is 10.1. The molecule has 1 N–H and O–H groups in total. The van der Waals surface area contributed by atoms with Crippen molar-refractivity contribution in [3.63, 3.8) is 0 Å². The topological polar surface area (TPSA) is 75.5 Å². The highest BCUT2D eigenvalue weighted by Crippen LogP contribution is 2.38. The van der Waals surface area contributed by atoms with Crippen molar-refractivity contribution in [2.75, 3.05) is 29.9 Å². The summed E-state index contributed by atoms with van der Waals surface area (Å²) in [6.45, 7) is 7.59. The molecule has 0 bridgehead atoms. The number of hydrogen-bond donors (Lipinski definition) is 1. The van der Waals surface area contributed by atoms with Crippen molar-refractivity contribution in [1.29, 1.82) is 0 Å². The zero-order chi connectivity index (χ0) is 29.2. The second kappa shape index (κ2) is 12.6. The Kier molecular flexibility index (Phi) is 8.31. The van der Waals surface area contributed by atoms with Crippen LogP contribution in [0.2, 0.25) is 0 Å². The van der Waals surface area contributed by atoms with Crippen molar-refractivity contribution >= 4 is 23.0 Å². The van der Waals surface area contributed by atoms with Gasteiger partial charge in [0.1, 0.15) is 30.3 Å². The first kappa shape index (κ1) is 28.3. The zero-order valence-corrected chi connectivity index (χ0v) is 25.9. The fraction of sp³-hybridized carbons (Fsp3) is 0.556. The molecule has 2 fully saturated rings. The molecular weight excluding hydrogens is 532 g/mol. The van der Waals surface area contributed by atoms with E-state index in [0.717, 1.165) is 96.2 Å². The summed E-state index contributed by atoms with van der Waals surface area (Å²) in [7, 11) is 0. The normalized spacial score (nSPS) is 22.0. The summed E-state index contributed by atoms with van der Waals surface area (Å²) in [6.07, 6.45) is 17.7. The summed E-state index contributed by atoms with van der Waals surface area (Å²) in [5.74, 6) is 5.27. The van der Waals surface area contributed by atoms with E-state index in [-0.39, 0.29) is 0 Å². The number of fused-ring (bicyclic) bond motifs is 2. The van der Waals surface area contributed by atoms with E-state index >= 15 is 0 Å². The number of nitrogens with zero attached hydrogens (tertiary/aromatic N) is 5. The minimum absolute atomic E-state index is 0.624. The summed E-state index contributed by atoms with van der Waals surface area (Å²) in [5.41, 5.74) is 8.14. The van der Waals surface area contributed by atoms with E-state index in [0.29, 0.717) is 12.5 Å².